The normalized spacial score (nSPS) is 10.5. The highest BCUT2D eigenvalue weighted by Crippen LogP contribution is 2.18. The highest BCUT2D eigenvalue weighted by molar-refractivity contribution is 5.57. The van der Waals surface area contributed by atoms with E-state index in [9.17, 15) is 0 Å². The second-order valence-corrected chi connectivity index (χ2v) is 4.13. The third-order valence-corrected chi connectivity index (χ3v) is 2.34. The monoisotopic (exact) mass is 213 g/mol. The summed E-state index contributed by atoms with van der Waals surface area (Å²) >= 11 is 0. The first-order chi connectivity index (χ1) is 7.54. The Morgan fingerprint density at radius 1 is 0.688 bits per heavy atom. The summed E-state index contributed by atoms with van der Waals surface area (Å²) in [5.74, 6) is 2.29. The van der Waals surface area contributed by atoms with Gasteiger partial charge in [0.05, 0.1) is 0 Å². The summed E-state index contributed by atoms with van der Waals surface area (Å²) in [6.45, 7) is 7.94. The molecule has 0 N–H and O–H groups in total. The van der Waals surface area contributed by atoms with Gasteiger partial charge in [-0.15, -0.1) is 0 Å². The van der Waals surface area contributed by atoms with Crippen molar-refractivity contribution in [3.63, 3.8) is 0 Å². The Bertz CT molecular complexity index is 443. The van der Waals surface area contributed by atoms with E-state index >= 15 is 0 Å². The molecule has 16 heavy (non-hydrogen) atoms. The van der Waals surface area contributed by atoms with E-state index in [-0.39, 0.29) is 0 Å². The highest BCUT2D eigenvalue weighted by atomic mass is 15.0. The van der Waals surface area contributed by atoms with Gasteiger partial charge in [-0.3, -0.25) is 0 Å². The molecular weight excluding hydrogens is 198 g/mol. The largest absolute Gasteiger partial charge is 0.219 e. The summed E-state index contributed by atoms with van der Waals surface area (Å²) in [5, 5.41) is 0. The van der Waals surface area contributed by atoms with E-state index in [0.717, 1.165) is 23.0 Å². The Morgan fingerprint density at radius 2 is 1.19 bits per heavy atom. The minimum atomic E-state index is 0.761. The Kier molecular flexibility index (Phi) is 2.69. The molecule has 1 aromatic heterocycles. The van der Waals surface area contributed by atoms with Gasteiger partial charge in [0.2, 0.25) is 0 Å². The number of aryl methyl sites for hydroxylation is 4. The molecule has 0 radical (unpaired) electrons. The summed E-state index contributed by atoms with van der Waals surface area (Å²) in [6, 6.07) is 6.34. The first kappa shape index (κ1) is 10.7. The van der Waals surface area contributed by atoms with Crippen LogP contribution in [0, 0.1) is 27.7 Å². The van der Waals surface area contributed by atoms with Crippen molar-refractivity contribution in [1.29, 1.82) is 0 Å². The van der Waals surface area contributed by atoms with E-state index < -0.39 is 0 Å². The molecule has 2 rings (SSSR count). The predicted octanol–water partition coefficient (Wildman–Crippen LogP) is 2.77. The molecule has 0 spiro atoms. The van der Waals surface area contributed by atoms with Crippen molar-refractivity contribution in [3.05, 3.63) is 41.0 Å². The first-order valence-electron chi connectivity index (χ1n) is 5.32. The SMILES string of the molecule is Cc1cc(C)cc(-c2nc(C)nc(C)n2)c1. The van der Waals surface area contributed by atoms with Gasteiger partial charge >= 0.3 is 0 Å². The van der Waals surface area contributed by atoms with Crippen LogP contribution in [-0.4, -0.2) is 15.0 Å². The smallest absolute Gasteiger partial charge is 0.163 e. The van der Waals surface area contributed by atoms with Gasteiger partial charge < -0.3 is 0 Å². The van der Waals surface area contributed by atoms with E-state index in [1.165, 1.54) is 11.1 Å². The van der Waals surface area contributed by atoms with Crippen LogP contribution in [0.2, 0.25) is 0 Å². The van der Waals surface area contributed by atoms with Crippen LogP contribution in [0.1, 0.15) is 22.8 Å². The average Bonchev–Trinajstić information content (AvgIpc) is 2.14. The quantitative estimate of drug-likeness (QED) is 0.731. The lowest BCUT2D eigenvalue weighted by Crippen LogP contribution is -1.99. The van der Waals surface area contributed by atoms with Gasteiger partial charge in [-0.25, -0.2) is 15.0 Å². The standard InChI is InChI=1S/C13H15N3/c1-8-5-9(2)7-12(6-8)13-15-10(3)14-11(4)16-13/h5-7H,1-4H3. The first-order valence-corrected chi connectivity index (χ1v) is 5.32. The summed E-state index contributed by atoms with van der Waals surface area (Å²) in [4.78, 5) is 12.9. The van der Waals surface area contributed by atoms with Gasteiger partial charge in [-0.2, -0.15) is 0 Å². The fourth-order valence-corrected chi connectivity index (χ4v) is 1.85. The van der Waals surface area contributed by atoms with E-state index in [1.54, 1.807) is 0 Å². The van der Waals surface area contributed by atoms with Crippen molar-refractivity contribution in [3.8, 4) is 11.4 Å². The van der Waals surface area contributed by atoms with Gasteiger partial charge in [-0.05, 0) is 39.8 Å². The lowest BCUT2D eigenvalue weighted by atomic mass is 10.1. The van der Waals surface area contributed by atoms with Crippen LogP contribution in [-0.2, 0) is 0 Å². The van der Waals surface area contributed by atoms with Gasteiger partial charge in [0.1, 0.15) is 11.6 Å². The predicted molar refractivity (Wildman–Crippen MR) is 64.2 cm³/mol. The van der Waals surface area contributed by atoms with E-state index in [0.29, 0.717) is 0 Å². The number of rotatable bonds is 1. The molecule has 1 aromatic carbocycles. The molecule has 0 saturated carbocycles. The number of aromatic nitrogens is 3. The zero-order valence-electron chi connectivity index (χ0n) is 10.1. The van der Waals surface area contributed by atoms with Crippen LogP contribution >= 0.6 is 0 Å². The molecule has 0 aliphatic carbocycles. The molecule has 0 saturated heterocycles. The molecule has 2 aromatic rings. The molecule has 0 atom stereocenters. The maximum Gasteiger partial charge on any atom is 0.163 e. The van der Waals surface area contributed by atoms with E-state index in [1.807, 2.05) is 13.8 Å². The Hall–Kier alpha value is -1.77. The fourth-order valence-electron chi connectivity index (χ4n) is 1.85. The number of hydrogen-bond acceptors (Lipinski definition) is 3. The fraction of sp³-hybridized carbons (Fsp3) is 0.308. The van der Waals surface area contributed by atoms with Crippen LogP contribution in [0.25, 0.3) is 11.4 Å². The Morgan fingerprint density at radius 3 is 1.69 bits per heavy atom. The molecule has 0 bridgehead atoms. The molecule has 0 aliphatic rings. The van der Waals surface area contributed by atoms with Crippen LogP contribution in [0.5, 0.6) is 0 Å². The lowest BCUT2D eigenvalue weighted by molar-refractivity contribution is 0.928. The lowest BCUT2D eigenvalue weighted by Gasteiger charge is -2.05. The molecular formula is C13H15N3. The van der Waals surface area contributed by atoms with Crippen LogP contribution in [0.15, 0.2) is 18.2 Å². The van der Waals surface area contributed by atoms with Crippen molar-refractivity contribution in [2.45, 2.75) is 27.7 Å². The van der Waals surface area contributed by atoms with Crippen LogP contribution in [0.3, 0.4) is 0 Å². The summed E-state index contributed by atoms with van der Waals surface area (Å²) < 4.78 is 0. The Labute approximate surface area is 95.6 Å². The minimum absolute atomic E-state index is 0.761. The van der Waals surface area contributed by atoms with Crippen molar-refractivity contribution in [2.24, 2.45) is 0 Å². The Balaban J connectivity index is 2.57. The molecule has 3 nitrogen and oxygen atoms in total. The zero-order valence-corrected chi connectivity index (χ0v) is 10.1. The molecule has 0 aliphatic heterocycles. The number of nitrogens with zero attached hydrogens (tertiary/aromatic N) is 3. The summed E-state index contributed by atoms with van der Waals surface area (Å²) in [6.07, 6.45) is 0. The van der Waals surface area contributed by atoms with Gasteiger partial charge in [0.25, 0.3) is 0 Å². The van der Waals surface area contributed by atoms with Crippen molar-refractivity contribution in [1.82, 2.24) is 15.0 Å². The summed E-state index contributed by atoms with van der Waals surface area (Å²) in [7, 11) is 0. The number of benzene rings is 1. The molecule has 0 unspecified atom stereocenters. The van der Waals surface area contributed by atoms with Crippen molar-refractivity contribution >= 4 is 0 Å². The number of hydrogen-bond donors (Lipinski definition) is 0. The third-order valence-electron chi connectivity index (χ3n) is 2.34. The second-order valence-electron chi connectivity index (χ2n) is 4.13. The summed E-state index contributed by atoms with van der Waals surface area (Å²) in [5.41, 5.74) is 3.52. The molecule has 1 heterocycles. The van der Waals surface area contributed by atoms with Crippen molar-refractivity contribution in [2.75, 3.05) is 0 Å². The van der Waals surface area contributed by atoms with Crippen LogP contribution in [0.4, 0.5) is 0 Å². The molecule has 3 heteroatoms. The van der Waals surface area contributed by atoms with Gasteiger partial charge in [-0.1, -0.05) is 17.2 Å². The molecule has 0 fully saturated rings. The maximum atomic E-state index is 4.36. The van der Waals surface area contributed by atoms with Gasteiger partial charge in [0.15, 0.2) is 5.82 Å². The van der Waals surface area contributed by atoms with Crippen molar-refractivity contribution < 1.29 is 0 Å². The van der Waals surface area contributed by atoms with Gasteiger partial charge in [0, 0.05) is 5.56 Å². The topological polar surface area (TPSA) is 38.7 Å². The molecule has 0 amide bonds. The maximum absolute atomic E-state index is 4.36. The van der Waals surface area contributed by atoms with E-state index in [4.69, 9.17) is 0 Å². The zero-order chi connectivity index (χ0) is 11.7. The third kappa shape index (κ3) is 2.24. The molecule has 82 valence electrons. The highest BCUT2D eigenvalue weighted by Gasteiger charge is 2.05. The second kappa shape index (κ2) is 4.00. The average molecular weight is 213 g/mol. The van der Waals surface area contributed by atoms with E-state index in [2.05, 4.69) is 47.0 Å². The van der Waals surface area contributed by atoms with Crippen LogP contribution < -0.4 is 0 Å². The minimum Gasteiger partial charge on any atom is -0.219 e.